The molecule has 0 unspecified atom stereocenters. The number of H-pyrrole nitrogens is 1. The summed E-state index contributed by atoms with van der Waals surface area (Å²) in [4.78, 5) is 18.8. The first-order valence-electron chi connectivity index (χ1n) is 4.89. The van der Waals surface area contributed by atoms with Crippen molar-refractivity contribution in [1.82, 2.24) is 9.97 Å². The number of fused-ring (bicyclic) bond motifs is 1. The van der Waals surface area contributed by atoms with Crippen molar-refractivity contribution in [2.75, 3.05) is 6.61 Å². The number of aliphatic hydroxyl groups excluding tert-OH is 1. The minimum atomic E-state index is 0.0447. The minimum absolute atomic E-state index is 0.0447. The third kappa shape index (κ3) is 1.89. The Morgan fingerprint density at radius 3 is 3.20 bits per heavy atom. The van der Waals surface area contributed by atoms with Crippen LogP contribution in [0.2, 0.25) is 0 Å². The van der Waals surface area contributed by atoms with Crippen LogP contribution in [-0.2, 0) is 0 Å². The molecule has 2 N–H and O–H groups in total. The molecule has 0 fully saturated rings. The topological polar surface area (TPSA) is 66.0 Å². The number of carbonyl (C=O) groups excluding carboxylic acids is 1. The smallest absolute Gasteiger partial charge is 0.165 e. The second kappa shape index (κ2) is 4.23. The van der Waals surface area contributed by atoms with Crippen molar-refractivity contribution < 1.29 is 9.90 Å². The molecule has 0 aromatic carbocycles. The number of pyridine rings is 1. The summed E-state index contributed by atoms with van der Waals surface area (Å²) >= 11 is 0. The van der Waals surface area contributed by atoms with E-state index < -0.39 is 0 Å². The molecule has 0 amide bonds. The van der Waals surface area contributed by atoms with E-state index in [-0.39, 0.29) is 12.4 Å². The highest BCUT2D eigenvalue weighted by molar-refractivity contribution is 6.06. The van der Waals surface area contributed by atoms with E-state index in [4.69, 9.17) is 5.11 Å². The van der Waals surface area contributed by atoms with Gasteiger partial charge in [0.2, 0.25) is 0 Å². The molecule has 78 valence electrons. The Kier molecular flexibility index (Phi) is 2.78. The number of hydrogen-bond donors (Lipinski definition) is 2. The first kappa shape index (κ1) is 9.86. The molecule has 0 atom stereocenters. The number of rotatable bonds is 4. The van der Waals surface area contributed by atoms with Crippen molar-refractivity contribution in [3.05, 3.63) is 30.1 Å². The first-order valence-corrected chi connectivity index (χ1v) is 4.89. The van der Waals surface area contributed by atoms with E-state index >= 15 is 0 Å². The summed E-state index contributed by atoms with van der Waals surface area (Å²) in [6, 6.07) is 3.67. The number of aromatic amines is 1. The fourth-order valence-corrected chi connectivity index (χ4v) is 1.56. The fourth-order valence-electron chi connectivity index (χ4n) is 1.56. The van der Waals surface area contributed by atoms with Gasteiger partial charge in [-0.1, -0.05) is 0 Å². The van der Waals surface area contributed by atoms with E-state index in [0.717, 1.165) is 11.0 Å². The standard InChI is InChI=1S/C11H12N2O2/c14-6-2-4-10(15)9-7-13-11-8(9)3-1-5-12-11/h1,3,5,7,14H,2,4,6H2,(H,12,13). The lowest BCUT2D eigenvalue weighted by molar-refractivity contribution is 0.0973. The second-order valence-corrected chi connectivity index (χ2v) is 3.35. The van der Waals surface area contributed by atoms with Crippen LogP contribution in [0.1, 0.15) is 23.2 Å². The van der Waals surface area contributed by atoms with Crippen LogP contribution in [0.5, 0.6) is 0 Å². The van der Waals surface area contributed by atoms with Crippen LogP contribution in [0.4, 0.5) is 0 Å². The van der Waals surface area contributed by atoms with Crippen molar-refractivity contribution in [3.63, 3.8) is 0 Å². The predicted octanol–water partition coefficient (Wildman–Crippen LogP) is 1.52. The van der Waals surface area contributed by atoms with Gasteiger partial charge < -0.3 is 10.1 Å². The van der Waals surface area contributed by atoms with Crippen LogP contribution < -0.4 is 0 Å². The Balaban J connectivity index is 2.31. The van der Waals surface area contributed by atoms with E-state index in [1.807, 2.05) is 6.07 Å². The number of aliphatic hydroxyl groups is 1. The Hall–Kier alpha value is -1.68. The van der Waals surface area contributed by atoms with Crippen LogP contribution in [0, 0.1) is 0 Å². The molecular formula is C11H12N2O2. The third-order valence-electron chi connectivity index (χ3n) is 2.31. The highest BCUT2D eigenvalue weighted by Gasteiger charge is 2.11. The normalized spacial score (nSPS) is 10.7. The van der Waals surface area contributed by atoms with Crippen molar-refractivity contribution in [1.29, 1.82) is 0 Å². The van der Waals surface area contributed by atoms with Crippen molar-refractivity contribution in [2.24, 2.45) is 0 Å². The molecule has 0 spiro atoms. The van der Waals surface area contributed by atoms with Gasteiger partial charge in [-0.05, 0) is 18.6 Å². The third-order valence-corrected chi connectivity index (χ3v) is 2.31. The van der Waals surface area contributed by atoms with Gasteiger partial charge in [0.05, 0.1) is 0 Å². The van der Waals surface area contributed by atoms with Crippen molar-refractivity contribution in [3.8, 4) is 0 Å². The number of Topliss-reactive ketones (excluding diaryl/α,β-unsaturated/α-hetero) is 1. The van der Waals surface area contributed by atoms with Gasteiger partial charge in [-0.15, -0.1) is 0 Å². The van der Waals surface area contributed by atoms with Crippen LogP contribution in [0.25, 0.3) is 11.0 Å². The van der Waals surface area contributed by atoms with Crippen LogP contribution in [-0.4, -0.2) is 27.5 Å². The highest BCUT2D eigenvalue weighted by atomic mass is 16.3. The highest BCUT2D eigenvalue weighted by Crippen LogP contribution is 2.17. The van der Waals surface area contributed by atoms with Gasteiger partial charge in [-0.3, -0.25) is 4.79 Å². The van der Waals surface area contributed by atoms with Gasteiger partial charge in [-0.2, -0.15) is 0 Å². The molecule has 4 nitrogen and oxygen atoms in total. The lowest BCUT2D eigenvalue weighted by Crippen LogP contribution is -1.99. The van der Waals surface area contributed by atoms with Gasteiger partial charge >= 0.3 is 0 Å². The largest absolute Gasteiger partial charge is 0.396 e. The zero-order chi connectivity index (χ0) is 10.7. The molecule has 0 aliphatic carbocycles. The van der Waals surface area contributed by atoms with Gasteiger partial charge in [-0.25, -0.2) is 4.98 Å². The summed E-state index contributed by atoms with van der Waals surface area (Å²) in [5, 5.41) is 9.50. The molecular weight excluding hydrogens is 192 g/mol. The molecule has 2 aromatic rings. The van der Waals surface area contributed by atoms with Gasteiger partial charge in [0, 0.05) is 36.4 Å². The van der Waals surface area contributed by atoms with Gasteiger partial charge in [0.15, 0.2) is 5.78 Å². The monoisotopic (exact) mass is 204 g/mol. The molecule has 0 saturated heterocycles. The second-order valence-electron chi connectivity index (χ2n) is 3.35. The summed E-state index contributed by atoms with van der Waals surface area (Å²) in [5.41, 5.74) is 1.39. The molecule has 2 heterocycles. The molecule has 0 radical (unpaired) electrons. The number of nitrogens with zero attached hydrogens (tertiary/aromatic N) is 1. The molecule has 2 rings (SSSR count). The Morgan fingerprint density at radius 2 is 2.40 bits per heavy atom. The van der Waals surface area contributed by atoms with Gasteiger partial charge in [0.25, 0.3) is 0 Å². The average molecular weight is 204 g/mol. The van der Waals surface area contributed by atoms with E-state index in [0.29, 0.717) is 18.4 Å². The van der Waals surface area contributed by atoms with Crippen LogP contribution >= 0.6 is 0 Å². The van der Waals surface area contributed by atoms with E-state index in [9.17, 15) is 4.79 Å². The fraction of sp³-hybridized carbons (Fsp3) is 0.273. The maximum atomic E-state index is 11.7. The zero-order valence-corrected chi connectivity index (χ0v) is 8.23. The SMILES string of the molecule is O=C(CCCO)c1c[nH]c2ncccc12. The summed E-state index contributed by atoms with van der Waals surface area (Å²) in [7, 11) is 0. The van der Waals surface area contributed by atoms with Crippen molar-refractivity contribution in [2.45, 2.75) is 12.8 Å². The Labute approximate surface area is 87.0 Å². The molecule has 15 heavy (non-hydrogen) atoms. The van der Waals surface area contributed by atoms with Crippen LogP contribution in [0.15, 0.2) is 24.5 Å². The lowest BCUT2D eigenvalue weighted by atomic mass is 10.1. The summed E-state index contributed by atoms with van der Waals surface area (Å²) in [6.07, 6.45) is 4.24. The van der Waals surface area contributed by atoms with Crippen molar-refractivity contribution >= 4 is 16.8 Å². The molecule has 0 aliphatic heterocycles. The summed E-state index contributed by atoms with van der Waals surface area (Å²) in [6.45, 7) is 0.0480. The quantitative estimate of drug-likeness (QED) is 0.742. The summed E-state index contributed by atoms with van der Waals surface area (Å²) in [5.74, 6) is 0.0447. The van der Waals surface area contributed by atoms with Gasteiger partial charge in [0.1, 0.15) is 5.65 Å². The average Bonchev–Trinajstić information content (AvgIpc) is 2.69. The first-order chi connectivity index (χ1) is 7.33. The maximum Gasteiger partial charge on any atom is 0.165 e. The van der Waals surface area contributed by atoms with E-state index in [2.05, 4.69) is 9.97 Å². The Bertz CT molecular complexity index is 476. The van der Waals surface area contributed by atoms with E-state index in [1.165, 1.54) is 0 Å². The maximum absolute atomic E-state index is 11.7. The van der Waals surface area contributed by atoms with E-state index in [1.54, 1.807) is 18.5 Å². The minimum Gasteiger partial charge on any atom is -0.396 e. The Morgan fingerprint density at radius 1 is 1.53 bits per heavy atom. The summed E-state index contributed by atoms with van der Waals surface area (Å²) < 4.78 is 0. The number of carbonyl (C=O) groups is 1. The predicted molar refractivity (Wildman–Crippen MR) is 56.7 cm³/mol. The molecule has 4 heteroatoms. The molecule has 0 aliphatic rings. The number of hydrogen-bond acceptors (Lipinski definition) is 3. The lowest BCUT2D eigenvalue weighted by Gasteiger charge is -1.96. The number of ketones is 1. The molecule has 2 aromatic heterocycles. The van der Waals surface area contributed by atoms with Crippen LogP contribution in [0.3, 0.4) is 0 Å². The zero-order valence-electron chi connectivity index (χ0n) is 8.23. The number of aromatic nitrogens is 2. The molecule has 0 bridgehead atoms. The molecule has 0 saturated carbocycles. The number of nitrogens with one attached hydrogen (secondary N) is 1.